The van der Waals surface area contributed by atoms with Gasteiger partial charge in [-0.2, -0.15) is 0 Å². The molecule has 3 rings (SSSR count). The van der Waals surface area contributed by atoms with E-state index >= 15 is 0 Å². The molecule has 2 fully saturated rings. The Kier molecular flexibility index (Phi) is 6.19. The minimum atomic E-state index is 0.455. The maximum absolute atomic E-state index is 4.41. The van der Waals surface area contributed by atoms with Crippen molar-refractivity contribution in [1.29, 1.82) is 0 Å². The van der Waals surface area contributed by atoms with Crippen LogP contribution in [0.2, 0.25) is 0 Å². The van der Waals surface area contributed by atoms with Crippen molar-refractivity contribution in [3.63, 3.8) is 0 Å². The van der Waals surface area contributed by atoms with Crippen molar-refractivity contribution in [2.45, 2.75) is 51.2 Å². The Morgan fingerprint density at radius 1 is 1.24 bits per heavy atom. The first-order valence-corrected chi connectivity index (χ1v) is 9.70. The molecule has 2 N–H and O–H groups in total. The van der Waals surface area contributed by atoms with E-state index in [9.17, 15) is 0 Å². The molecule has 138 valence electrons. The predicted molar refractivity (Wildman–Crippen MR) is 106 cm³/mol. The fourth-order valence-electron chi connectivity index (χ4n) is 3.71. The maximum Gasteiger partial charge on any atom is 0.191 e. The number of benzene rings is 1. The van der Waals surface area contributed by atoms with Crippen molar-refractivity contribution in [2.75, 3.05) is 38.1 Å². The highest BCUT2D eigenvalue weighted by molar-refractivity contribution is 5.80. The predicted octanol–water partition coefficient (Wildman–Crippen LogP) is 2.30. The summed E-state index contributed by atoms with van der Waals surface area (Å²) in [5.41, 5.74) is 1.31. The molecule has 1 aromatic rings. The Morgan fingerprint density at radius 2 is 2.00 bits per heavy atom. The van der Waals surface area contributed by atoms with Gasteiger partial charge in [-0.05, 0) is 45.2 Å². The second-order valence-electron chi connectivity index (χ2n) is 7.47. The van der Waals surface area contributed by atoms with Crippen molar-refractivity contribution in [3.8, 4) is 0 Å². The van der Waals surface area contributed by atoms with Gasteiger partial charge in [-0.3, -0.25) is 9.89 Å². The Bertz CT molecular complexity index is 550. The SMILES string of the molecule is CN=C(NCCN(C(C)C)C1CC1)NC1CCN(c2ccccc2)C1. The van der Waals surface area contributed by atoms with E-state index in [4.69, 9.17) is 0 Å². The number of guanidine groups is 1. The summed E-state index contributed by atoms with van der Waals surface area (Å²) < 4.78 is 0. The number of rotatable bonds is 7. The number of hydrogen-bond donors (Lipinski definition) is 2. The summed E-state index contributed by atoms with van der Waals surface area (Å²) >= 11 is 0. The first-order chi connectivity index (χ1) is 12.2. The second kappa shape index (κ2) is 8.56. The Labute approximate surface area is 152 Å². The zero-order valence-electron chi connectivity index (χ0n) is 15.9. The fourth-order valence-corrected chi connectivity index (χ4v) is 3.71. The minimum absolute atomic E-state index is 0.455. The number of nitrogens with one attached hydrogen (secondary N) is 2. The molecule has 1 aliphatic heterocycles. The molecule has 0 aromatic heterocycles. The third-order valence-electron chi connectivity index (χ3n) is 5.22. The Morgan fingerprint density at radius 3 is 2.64 bits per heavy atom. The largest absolute Gasteiger partial charge is 0.369 e. The number of aliphatic imine (C=N–C) groups is 1. The lowest BCUT2D eigenvalue weighted by Crippen LogP contribution is -2.47. The number of hydrogen-bond acceptors (Lipinski definition) is 3. The lowest BCUT2D eigenvalue weighted by molar-refractivity contribution is 0.215. The molecule has 0 amide bonds. The molecule has 1 atom stereocenters. The van der Waals surface area contributed by atoms with Crippen LogP contribution in [0.4, 0.5) is 5.69 Å². The van der Waals surface area contributed by atoms with E-state index in [1.807, 2.05) is 7.05 Å². The molecule has 25 heavy (non-hydrogen) atoms. The van der Waals surface area contributed by atoms with Gasteiger partial charge in [-0.15, -0.1) is 0 Å². The van der Waals surface area contributed by atoms with E-state index in [0.29, 0.717) is 12.1 Å². The molecule has 2 aliphatic rings. The van der Waals surface area contributed by atoms with Crippen LogP contribution < -0.4 is 15.5 Å². The summed E-state index contributed by atoms with van der Waals surface area (Å²) in [5, 5.41) is 7.09. The van der Waals surface area contributed by atoms with Crippen LogP contribution >= 0.6 is 0 Å². The molecular formula is C20H33N5. The molecule has 1 aliphatic carbocycles. The summed E-state index contributed by atoms with van der Waals surface area (Å²) in [6, 6.07) is 12.6. The molecule has 5 heteroatoms. The van der Waals surface area contributed by atoms with E-state index in [-0.39, 0.29) is 0 Å². The molecule has 5 nitrogen and oxygen atoms in total. The van der Waals surface area contributed by atoms with Gasteiger partial charge in [0.05, 0.1) is 0 Å². The third kappa shape index (κ3) is 5.11. The maximum atomic E-state index is 4.41. The normalized spacial score (nSPS) is 21.2. The van der Waals surface area contributed by atoms with Gasteiger partial charge in [0, 0.05) is 57.0 Å². The van der Waals surface area contributed by atoms with E-state index < -0.39 is 0 Å². The standard InChI is InChI=1S/C20H33N5/c1-16(2)25(19-9-10-19)14-12-22-20(21-3)23-17-11-13-24(15-17)18-7-5-4-6-8-18/h4-8,16-17,19H,9-15H2,1-3H3,(H2,21,22,23). The first kappa shape index (κ1) is 18.1. The van der Waals surface area contributed by atoms with Gasteiger partial charge in [0.2, 0.25) is 0 Å². The zero-order valence-corrected chi connectivity index (χ0v) is 15.9. The highest BCUT2D eigenvalue weighted by atomic mass is 15.3. The molecular weight excluding hydrogens is 310 g/mol. The molecule has 0 radical (unpaired) electrons. The van der Waals surface area contributed by atoms with Gasteiger partial charge >= 0.3 is 0 Å². The first-order valence-electron chi connectivity index (χ1n) is 9.70. The lowest BCUT2D eigenvalue weighted by Gasteiger charge is -2.27. The highest BCUT2D eigenvalue weighted by Crippen LogP contribution is 2.27. The second-order valence-corrected chi connectivity index (χ2v) is 7.47. The van der Waals surface area contributed by atoms with Crippen molar-refractivity contribution in [3.05, 3.63) is 30.3 Å². The van der Waals surface area contributed by atoms with Gasteiger partial charge in [-0.1, -0.05) is 18.2 Å². The molecule has 1 aromatic carbocycles. The van der Waals surface area contributed by atoms with E-state index in [0.717, 1.165) is 44.6 Å². The van der Waals surface area contributed by atoms with Gasteiger partial charge in [0.1, 0.15) is 0 Å². The van der Waals surface area contributed by atoms with Crippen molar-refractivity contribution >= 4 is 11.6 Å². The third-order valence-corrected chi connectivity index (χ3v) is 5.22. The quantitative estimate of drug-likeness (QED) is 0.589. The average molecular weight is 344 g/mol. The topological polar surface area (TPSA) is 42.9 Å². The summed E-state index contributed by atoms with van der Waals surface area (Å²) in [4.78, 5) is 9.46. The van der Waals surface area contributed by atoms with E-state index in [2.05, 4.69) is 69.6 Å². The number of anilines is 1. The molecule has 1 saturated carbocycles. The van der Waals surface area contributed by atoms with Gasteiger partial charge < -0.3 is 15.5 Å². The van der Waals surface area contributed by atoms with Gasteiger partial charge in [-0.25, -0.2) is 0 Å². The van der Waals surface area contributed by atoms with Crippen LogP contribution in [0, 0.1) is 0 Å². The Balaban J connectivity index is 1.42. The van der Waals surface area contributed by atoms with Crippen LogP contribution in [0.15, 0.2) is 35.3 Å². The van der Waals surface area contributed by atoms with Crippen molar-refractivity contribution in [1.82, 2.24) is 15.5 Å². The van der Waals surface area contributed by atoms with Crippen LogP contribution in [-0.4, -0.2) is 62.2 Å². The average Bonchev–Trinajstić information content (AvgIpc) is 3.35. The van der Waals surface area contributed by atoms with Crippen LogP contribution in [-0.2, 0) is 0 Å². The number of nitrogens with zero attached hydrogens (tertiary/aromatic N) is 3. The van der Waals surface area contributed by atoms with Crippen LogP contribution in [0.3, 0.4) is 0 Å². The number of para-hydroxylation sites is 1. The van der Waals surface area contributed by atoms with Crippen LogP contribution in [0.1, 0.15) is 33.1 Å². The van der Waals surface area contributed by atoms with Crippen molar-refractivity contribution in [2.24, 2.45) is 4.99 Å². The summed E-state index contributed by atoms with van der Waals surface area (Å²) in [6.07, 6.45) is 3.88. The van der Waals surface area contributed by atoms with Crippen LogP contribution in [0.25, 0.3) is 0 Å². The smallest absolute Gasteiger partial charge is 0.191 e. The minimum Gasteiger partial charge on any atom is -0.369 e. The summed E-state index contributed by atoms with van der Waals surface area (Å²) in [6.45, 7) is 8.75. The monoisotopic (exact) mass is 343 g/mol. The molecule has 1 saturated heterocycles. The molecule has 0 spiro atoms. The molecule has 1 unspecified atom stereocenters. The van der Waals surface area contributed by atoms with Crippen molar-refractivity contribution < 1.29 is 0 Å². The summed E-state index contributed by atoms with van der Waals surface area (Å²) in [7, 11) is 1.86. The van der Waals surface area contributed by atoms with E-state index in [1.54, 1.807) is 0 Å². The Hall–Kier alpha value is -1.75. The van der Waals surface area contributed by atoms with E-state index in [1.165, 1.54) is 18.5 Å². The highest BCUT2D eigenvalue weighted by Gasteiger charge is 2.30. The van der Waals surface area contributed by atoms with Gasteiger partial charge in [0.25, 0.3) is 0 Å². The summed E-state index contributed by atoms with van der Waals surface area (Å²) in [5.74, 6) is 0.930. The zero-order chi connectivity index (χ0) is 17.6. The van der Waals surface area contributed by atoms with Crippen LogP contribution in [0.5, 0.6) is 0 Å². The fraction of sp³-hybridized carbons (Fsp3) is 0.650. The molecule has 1 heterocycles. The van der Waals surface area contributed by atoms with Gasteiger partial charge in [0.15, 0.2) is 5.96 Å². The molecule has 0 bridgehead atoms. The lowest BCUT2D eigenvalue weighted by atomic mass is 10.2.